The van der Waals surface area contributed by atoms with Gasteiger partial charge in [0, 0.05) is 36.9 Å². The highest BCUT2D eigenvalue weighted by Crippen LogP contribution is 2.30. The lowest BCUT2D eigenvalue weighted by Crippen LogP contribution is -2.38. The molecule has 4 rings (SSSR count). The van der Waals surface area contributed by atoms with E-state index in [0.29, 0.717) is 25.4 Å². The highest BCUT2D eigenvalue weighted by Gasteiger charge is 2.29. The van der Waals surface area contributed by atoms with Gasteiger partial charge in [-0.3, -0.25) is 4.79 Å². The van der Waals surface area contributed by atoms with Gasteiger partial charge in [0.1, 0.15) is 0 Å². The number of fused-ring (bicyclic) bond motifs is 1. The molecule has 2 aromatic carbocycles. The summed E-state index contributed by atoms with van der Waals surface area (Å²) in [4.78, 5) is 27.1. The van der Waals surface area contributed by atoms with E-state index in [2.05, 4.69) is 10.6 Å². The molecule has 2 aliphatic rings. The van der Waals surface area contributed by atoms with Gasteiger partial charge in [0.2, 0.25) is 5.91 Å². The van der Waals surface area contributed by atoms with Crippen LogP contribution >= 0.6 is 0 Å². The summed E-state index contributed by atoms with van der Waals surface area (Å²) in [6.45, 7) is 1.26. The number of amides is 3. The van der Waals surface area contributed by atoms with Crippen LogP contribution in [0, 0.1) is 5.92 Å². The lowest BCUT2D eigenvalue weighted by atomic mass is 9.95. The van der Waals surface area contributed by atoms with Crippen LogP contribution in [0.3, 0.4) is 0 Å². The van der Waals surface area contributed by atoms with E-state index in [-0.39, 0.29) is 18.0 Å². The predicted octanol–water partition coefficient (Wildman–Crippen LogP) is 3.73. The topological polar surface area (TPSA) is 87.5 Å². The van der Waals surface area contributed by atoms with Gasteiger partial charge in [0.15, 0.2) is 0 Å². The second kappa shape index (κ2) is 8.66. The van der Waals surface area contributed by atoms with Crippen molar-refractivity contribution in [2.24, 2.45) is 11.7 Å². The molecule has 4 N–H and O–H groups in total. The Morgan fingerprint density at radius 3 is 2.62 bits per heavy atom. The smallest absolute Gasteiger partial charge is 0.323 e. The number of nitrogens with one attached hydrogen (secondary N) is 2. The Morgan fingerprint density at radius 2 is 1.86 bits per heavy atom. The van der Waals surface area contributed by atoms with E-state index in [1.165, 1.54) is 0 Å². The Kier molecular flexibility index (Phi) is 5.81. The third-order valence-electron chi connectivity index (χ3n) is 6.05. The standard InChI is InChI=1S/C23H28N4O2/c24-20-10-4-6-16(20)14-22(28)27-13-12-19-17(15-27)7-5-11-21(19)26-23(29)25-18-8-2-1-3-9-18/h1-3,5,7-9,11,16,20H,4,6,10,12-15,24H2,(H2,25,26,29)/t16-,20+/m0/s1. The van der Waals surface area contributed by atoms with Gasteiger partial charge in [0.05, 0.1) is 0 Å². The summed E-state index contributed by atoms with van der Waals surface area (Å²) < 4.78 is 0. The maximum absolute atomic E-state index is 12.8. The molecular formula is C23H28N4O2. The normalized spacial score (nSPS) is 20.8. The number of carbonyl (C=O) groups excluding carboxylic acids is 2. The molecule has 1 fully saturated rings. The molecule has 3 amide bonds. The predicted molar refractivity (Wildman–Crippen MR) is 115 cm³/mol. The van der Waals surface area contributed by atoms with Crippen LogP contribution < -0.4 is 16.4 Å². The van der Waals surface area contributed by atoms with Crippen LogP contribution in [-0.4, -0.2) is 29.4 Å². The lowest BCUT2D eigenvalue weighted by molar-refractivity contribution is -0.133. The van der Waals surface area contributed by atoms with Crippen molar-refractivity contribution in [2.45, 2.75) is 44.7 Å². The summed E-state index contributed by atoms with van der Waals surface area (Å²) in [7, 11) is 0. The van der Waals surface area contributed by atoms with Crippen molar-refractivity contribution in [3.8, 4) is 0 Å². The largest absolute Gasteiger partial charge is 0.338 e. The minimum absolute atomic E-state index is 0.162. The van der Waals surface area contributed by atoms with Crippen molar-refractivity contribution in [3.05, 3.63) is 59.7 Å². The second-order valence-corrected chi connectivity index (χ2v) is 8.01. The van der Waals surface area contributed by atoms with Crippen molar-refractivity contribution in [1.29, 1.82) is 0 Å². The second-order valence-electron chi connectivity index (χ2n) is 8.01. The summed E-state index contributed by atoms with van der Waals surface area (Å²) >= 11 is 0. The van der Waals surface area contributed by atoms with Gasteiger partial charge >= 0.3 is 6.03 Å². The average molecular weight is 393 g/mol. The summed E-state index contributed by atoms with van der Waals surface area (Å²) in [6, 6.07) is 15.1. The Balaban J connectivity index is 1.39. The van der Waals surface area contributed by atoms with Crippen LogP contribution in [0.25, 0.3) is 0 Å². The fourth-order valence-electron chi connectivity index (χ4n) is 4.42. The van der Waals surface area contributed by atoms with Gasteiger partial charge in [-0.1, -0.05) is 36.8 Å². The fraction of sp³-hybridized carbons (Fsp3) is 0.391. The molecule has 2 atom stereocenters. The van der Waals surface area contributed by atoms with E-state index in [0.717, 1.165) is 48.2 Å². The highest BCUT2D eigenvalue weighted by atomic mass is 16.2. The zero-order valence-electron chi connectivity index (χ0n) is 16.6. The first-order valence-corrected chi connectivity index (χ1v) is 10.4. The van der Waals surface area contributed by atoms with E-state index in [9.17, 15) is 9.59 Å². The quantitative estimate of drug-likeness (QED) is 0.741. The first-order valence-electron chi connectivity index (χ1n) is 10.4. The molecule has 1 aliphatic heterocycles. The van der Waals surface area contributed by atoms with Gasteiger partial charge in [-0.25, -0.2) is 4.79 Å². The van der Waals surface area contributed by atoms with Gasteiger partial charge < -0.3 is 21.3 Å². The first kappa shape index (κ1) is 19.5. The van der Waals surface area contributed by atoms with Gasteiger partial charge in [-0.2, -0.15) is 0 Å². The van der Waals surface area contributed by atoms with Crippen LogP contribution in [0.2, 0.25) is 0 Å². The molecule has 0 spiro atoms. The van der Waals surface area contributed by atoms with E-state index < -0.39 is 0 Å². The van der Waals surface area contributed by atoms with E-state index in [1.807, 2.05) is 53.4 Å². The van der Waals surface area contributed by atoms with Crippen LogP contribution in [0.5, 0.6) is 0 Å². The Morgan fingerprint density at radius 1 is 1.03 bits per heavy atom. The van der Waals surface area contributed by atoms with E-state index in [4.69, 9.17) is 5.73 Å². The summed E-state index contributed by atoms with van der Waals surface area (Å²) in [5.41, 5.74) is 9.90. The fourth-order valence-corrected chi connectivity index (χ4v) is 4.42. The molecule has 6 nitrogen and oxygen atoms in total. The maximum atomic E-state index is 12.8. The number of hydrogen-bond acceptors (Lipinski definition) is 3. The number of nitrogens with two attached hydrogens (primary N) is 1. The van der Waals surface area contributed by atoms with Crippen molar-refractivity contribution < 1.29 is 9.59 Å². The van der Waals surface area contributed by atoms with Crippen LogP contribution in [0.15, 0.2) is 48.5 Å². The summed E-state index contributed by atoms with van der Waals surface area (Å²) in [5, 5.41) is 5.80. The monoisotopic (exact) mass is 392 g/mol. The third kappa shape index (κ3) is 4.59. The van der Waals surface area contributed by atoms with Gasteiger partial charge in [0.25, 0.3) is 0 Å². The number of carbonyl (C=O) groups is 2. The molecule has 2 aromatic rings. The number of rotatable bonds is 4. The van der Waals surface area contributed by atoms with E-state index >= 15 is 0 Å². The van der Waals surface area contributed by atoms with Crippen molar-refractivity contribution >= 4 is 23.3 Å². The summed E-state index contributed by atoms with van der Waals surface area (Å²) in [6.07, 6.45) is 4.50. The van der Waals surface area contributed by atoms with Crippen LogP contribution in [0.4, 0.5) is 16.2 Å². The molecule has 0 bridgehead atoms. The van der Waals surface area contributed by atoms with Crippen molar-refractivity contribution in [2.75, 3.05) is 17.2 Å². The molecule has 6 heteroatoms. The SMILES string of the molecule is N[C@@H]1CCC[C@H]1CC(=O)N1CCc2c(cccc2NC(=O)Nc2ccccc2)C1. The molecule has 152 valence electrons. The van der Waals surface area contributed by atoms with Crippen molar-refractivity contribution in [3.63, 3.8) is 0 Å². The number of para-hydroxylation sites is 1. The van der Waals surface area contributed by atoms with Gasteiger partial charge in [-0.05, 0) is 54.5 Å². The molecule has 0 unspecified atom stereocenters. The molecular weight excluding hydrogens is 364 g/mol. The zero-order chi connectivity index (χ0) is 20.2. The number of urea groups is 1. The van der Waals surface area contributed by atoms with Crippen LogP contribution in [-0.2, 0) is 17.8 Å². The number of hydrogen-bond donors (Lipinski definition) is 3. The van der Waals surface area contributed by atoms with Gasteiger partial charge in [-0.15, -0.1) is 0 Å². The van der Waals surface area contributed by atoms with Crippen LogP contribution in [0.1, 0.15) is 36.8 Å². The maximum Gasteiger partial charge on any atom is 0.323 e. The Labute approximate surface area is 171 Å². The van der Waals surface area contributed by atoms with Crippen molar-refractivity contribution in [1.82, 2.24) is 4.90 Å². The highest BCUT2D eigenvalue weighted by molar-refractivity contribution is 6.00. The number of benzene rings is 2. The van der Waals surface area contributed by atoms with E-state index in [1.54, 1.807) is 0 Å². The Hall–Kier alpha value is -2.86. The summed E-state index contributed by atoms with van der Waals surface area (Å²) in [5.74, 6) is 0.511. The minimum Gasteiger partial charge on any atom is -0.338 e. The molecule has 1 heterocycles. The first-order chi connectivity index (χ1) is 14.1. The molecule has 1 aliphatic carbocycles. The Bertz CT molecular complexity index is 884. The number of nitrogens with zero attached hydrogens (tertiary/aromatic N) is 1. The molecule has 0 saturated heterocycles. The molecule has 0 aromatic heterocycles. The minimum atomic E-state index is -0.265. The average Bonchev–Trinajstić information content (AvgIpc) is 3.13. The molecule has 29 heavy (non-hydrogen) atoms. The number of anilines is 2. The third-order valence-corrected chi connectivity index (χ3v) is 6.05. The lowest BCUT2D eigenvalue weighted by Gasteiger charge is -2.31. The molecule has 1 saturated carbocycles. The molecule has 0 radical (unpaired) electrons. The zero-order valence-corrected chi connectivity index (χ0v) is 16.6.